The van der Waals surface area contributed by atoms with Crippen molar-refractivity contribution in [1.82, 2.24) is 9.97 Å². The minimum absolute atomic E-state index is 0.831. The molecule has 0 saturated carbocycles. The summed E-state index contributed by atoms with van der Waals surface area (Å²) < 4.78 is 5.29. The van der Waals surface area contributed by atoms with Crippen LogP contribution in [-0.2, 0) is 0 Å². The number of fused-ring (bicyclic) bond motifs is 1. The predicted octanol–water partition coefficient (Wildman–Crippen LogP) is 6.57. The number of aromatic nitrogens is 2. The molecule has 1 aromatic heterocycles. The van der Waals surface area contributed by atoms with Gasteiger partial charge in [-0.15, -0.1) is 0 Å². The van der Waals surface area contributed by atoms with E-state index in [9.17, 15) is 0 Å². The maximum absolute atomic E-state index is 5.29. The second kappa shape index (κ2) is 7.28. The smallest absolute Gasteiger partial charge is 0.138 e. The highest BCUT2D eigenvalue weighted by Gasteiger charge is 2.17. The molecule has 0 saturated heterocycles. The summed E-state index contributed by atoms with van der Waals surface area (Å²) in [6, 6.07) is 33.1. The van der Waals surface area contributed by atoms with E-state index in [0.717, 1.165) is 39.7 Å². The van der Waals surface area contributed by atoms with E-state index in [1.807, 2.05) is 42.5 Å². The lowest BCUT2D eigenvalue weighted by molar-refractivity contribution is 0.415. The Hall–Kier alpha value is -3.85. The van der Waals surface area contributed by atoms with Crippen LogP contribution in [0.1, 0.15) is 0 Å². The molecule has 0 atom stereocenters. The summed E-state index contributed by atoms with van der Waals surface area (Å²) in [4.78, 5) is 8.58. The van der Waals surface area contributed by atoms with Gasteiger partial charge in [-0.2, -0.15) is 0 Å². The minimum atomic E-state index is 0.831. The zero-order valence-corrected chi connectivity index (χ0v) is 16.1. The Morgan fingerprint density at radius 2 is 1.41 bits per heavy atom. The minimum Gasteiger partial charge on any atom is -0.497 e. The topological polar surface area (TPSA) is 37.9 Å². The van der Waals surface area contributed by atoms with Crippen LogP contribution in [0.4, 0.5) is 0 Å². The van der Waals surface area contributed by atoms with Crippen molar-refractivity contribution in [3.05, 3.63) is 97.1 Å². The third-order valence-electron chi connectivity index (χ3n) is 5.17. The van der Waals surface area contributed by atoms with Gasteiger partial charge in [0.1, 0.15) is 11.6 Å². The number of nitrogens with zero attached hydrogens (tertiary/aromatic N) is 1. The molecular weight excluding hydrogens is 356 g/mol. The van der Waals surface area contributed by atoms with Crippen molar-refractivity contribution in [2.24, 2.45) is 0 Å². The number of imidazole rings is 1. The maximum Gasteiger partial charge on any atom is 0.138 e. The first-order chi connectivity index (χ1) is 14.3. The van der Waals surface area contributed by atoms with Crippen LogP contribution < -0.4 is 4.74 Å². The molecule has 1 heterocycles. The first-order valence-corrected chi connectivity index (χ1v) is 9.61. The van der Waals surface area contributed by atoms with Crippen LogP contribution in [0, 0.1) is 0 Å². The Morgan fingerprint density at radius 1 is 0.690 bits per heavy atom. The number of hydrogen-bond acceptors (Lipinski definition) is 2. The van der Waals surface area contributed by atoms with Gasteiger partial charge in [-0.1, -0.05) is 72.8 Å². The number of hydrogen-bond donors (Lipinski definition) is 1. The average Bonchev–Trinajstić information content (AvgIpc) is 3.24. The molecule has 3 heteroatoms. The fourth-order valence-electron chi connectivity index (χ4n) is 3.70. The van der Waals surface area contributed by atoms with Crippen molar-refractivity contribution in [1.29, 1.82) is 0 Å². The van der Waals surface area contributed by atoms with Gasteiger partial charge in [-0.25, -0.2) is 4.98 Å². The van der Waals surface area contributed by atoms with Crippen LogP contribution in [0.3, 0.4) is 0 Å². The maximum atomic E-state index is 5.29. The molecule has 1 N–H and O–H groups in total. The monoisotopic (exact) mass is 376 g/mol. The average molecular weight is 376 g/mol. The van der Waals surface area contributed by atoms with Gasteiger partial charge < -0.3 is 9.72 Å². The van der Waals surface area contributed by atoms with E-state index in [1.54, 1.807) is 7.11 Å². The van der Waals surface area contributed by atoms with E-state index >= 15 is 0 Å². The molecule has 140 valence electrons. The molecule has 0 aliphatic carbocycles. The second-order valence-electron chi connectivity index (χ2n) is 6.93. The van der Waals surface area contributed by atoms with Gasteiger partial charge in [0.2, 0.25) is 0 Å². The van der Waals surface area contributed by atoms with Crippen LogP contribution in [-0.4, -0.2) is 17.1 Å². The predicted molar refractivity (Wildman–Crippen MR) is 119 cm³/mol. The van der Waals surface area contributed by atoms with E-state index in [0.29, 0.717) is 0 Å². The summed E-state index contributed by atoms with van der Waals surface area (Å²) in [5.74, 6) is 1.67. The van der Waals surface area contributed by atoms with Crippen molar-refractivity contribution in [3.8, 4) is 39.7 Å². The Morgan fingerprint density at radius 3 is 2.21 bits per heavy atom. The normalized spacial score (nSPS) is 10.9. The van der Waals surface area contributed by atoms with Crippen LogP contribution in [0.25, 0.3) is 44.7 Å². The Bertz CT molecular complexity index is 1270. The molecule has 0 aliphatic heterocycles. The molecule has 0 fully saturated rings. The van der Waals surface area contributed by atoms with Gasteiger partial charge in [0.15, 0.2) is 0 Å². The molecule has 0 aliphatic rings. The molecule has 5 aromatic rings. The largest absolute Gasteiger partial charge is 0.497 e. The first-order valence-electron chi connectivity index (χ1n) is 9.61. The van der Waals surface area contributed by atoms with Crippen molar-refractivity contribution < 1.29 is 4.74 Å². The van der Waals surface area contributed by atoms with Crippen molar-refractivity contribution in [2.75, 3.05) is 7.11 Å². The van der Waals surface area contributed by atoms with Gasteiger partial charge >= 0.3 is 0 Å². The molecule has 0 bridgehead atoms. The van der Waals surface area contributed by atoms with E-state index in [2.05, 4.69) is 59.6 Å². The van der Waals surface area contributed by atoms with Crippen molar-refractivity contribution >= 4 is 10.8 Å². The van der Waals surface area contributed by atoms with Gasteiger partial charge in [0.05, 0.1) is 18.5 Å². The summed E-state index contributed by atoms with van der Waals surface area (Å²) >= 11 is 0. The fraction of sp³-hybridized carbons (Fsp3) is 0.0385. The van der Waals surface area contributed by atoms with Crippen LogP contribution in [0.2, 0.25) is 0 Å². The Balaban J connectivity index is 1.74. The standard InChI is InChI=1S/C26H20N2O/c1-29-21-16-14-20(15-17-21)26-27-24(19-9-3-2-4-10-19)25(28-26)23-13-7-11-18-8-5-6-12-22(18)23/h2-17H,1H3,(H,27,28). The highest BCUT2D eigenvalue weighted by molar-refractivity contribution is 5.99. The van der Waals surface area contributed by atoms with Crippen molar-refractivity contribution in [3.63, 3.8) is 0 Å². The molecule has 3 nitrogen and oxygen atoms in total. The van der Waals surface area contributed by atoms with Crippen LogP contribution in [0.15, 0.2) is 97.1 Å². The third-order valence-corrected chi connectivity index (χ3v) is 5.17. The Kier molecular flexibility index (Phi) is 4.34. The number of nitrogens with one attached hydrogen (secondary N) is 1. The van der Waals surface area contributed by atoms with Gasteiger partial charge in [-0.3, -0.25) is 0 Å². The van der Waals surface area contributed by atoms with Crippen LogP contribution >= 0.6 is 0 Å². The second-order valence-corrected chi connectivity index (χ2v) is 6.93. The number of aromatic amines is 1. The summed E-state index contributed by atoms with van der Waals surface area (Å²) in [5.41, 5.74) is 5.24. The molecular formula is C26H20N2O. The van der Waals surface area contributed by atoms with Crippen LogP contribution in [0.5, 0.6) is 5.75 Å². The summed E-state index contributed by atoms with van der Waals surface area (Å²) in [6.07, 6.45) is 0. The van der Waals surface area contributed by atoms with E-state index < -0.39 is 0 Å². The van der Waals surface area contributed by atoms with Gasteiger partial charge in [-0.05, 0) is 35.0 Å². The van der Waals surface area contributed by atoms with Gasteiger partial charge in [0.25, 0.3) is 0 Å². The van der Waals surface area contributed by atoms with E-state index in [-0.39, 0.29) is 0 Å². The number of rotatable bonds is 4. The highest BCUT2D eigenvalue weighted by atomic mass is 16.5. The summed E-state index contributed by atoms with van der Waals surface area (Å²) in [5, 5.41) is 2.42. The fourth-order valence-corrected chi connectivity index (χ4v) is 3.70. The molecule has 0 amide bonds. The van der Waals surface area contributed by atoms with Crippen molar-refractivity contribution in [2.45, 2.75) is 0 Å². The van der Waals surface area contributed by atoms with E-state index in [4.69, 9.17) is 9.72 Å². The van der Waals surface area contributed by atoms with E-state index in [1.165, 1.54) is 10.8 Å². The zero-order valence-electron chi connectivity index (χ0n) is 16.1. The molecule has 5 rings (SSSR count). The molecule has 0 radical (unpaired) electrons. The summed E-state index contributed by atoms with van der Waals surface area (Å²) in [7, 11) is 1.67. The molecule has 0 unspecified atom stereocenters. The SMILES string of the molecule is COc1ccc(-c2nc(-c3ccccc3)c(-c3cccc4ccccc34)[nH]2)cc1. The molecule has 4 aromatic carbocycles. The quantitative estimate of drug-likeness (QED) is 0.385. The lowest BCUT2D eigenvalue weighted by Crippen LogP contribution is -1.85. The lowest BCUT2D eigenvalue weighted by Gasteiger charge is -2.07. The number of H-pyrrole nitrogens is 1. The third kappa shape index (κ3) is 3.17. The Labute approximate surface area is 169 Å². The highest BCUT2D eigenvalue weighted by Crippen LogP contribution is 2.36. The number of benzene rings is 4. The number of methoxy groups -OCH3 is 1. The molecule has 29 heavy (non-hydrogen) atoms. The zero-order chi connectivity index (χ0) is 19.6. The molecule has 0 spiro atoms. The van der Waals surface area contributed by atoms with Gasteiger partial charge in [0, 0.05) is 16.7 Å². The summed E-state index contributed by atoms with van der Waals surface area (Å²) in [6.45, 7) is 0. The lowest BCUT2D eigenvalue weighted by atomic mass is 9.99. The first kappa shape index (κ1) is 17.3. The number of ether oxygens (including phenoxy) is 1.